The molecule has 0 aliphatic carbocycles. The standard InChI is InChI=1S/C13H12F3NO3/c1-2-20-12(19)8-6-10(18)17-11-7(8)4-3-5-9(11)13(14,15)16/h3-5,8H,2,6H2,1H3,(H,17,18). The van der Waals surface area contributed by atoms with Crippen LogP contribution in [0.15, 0.2) is 18.2 Å². The minimum atomic E-state index is -4.60. The van der Waals surface area contributed by atoms with E-state index in [4.69, 9.17) is 4.74 Å². The summed E-state index contributed by atoms with van der Waals surface area (Å²) < 4.78 is 43.5. The lowest BCUT2D eigenvalue weighted by atomic mass is 9.88. The monoisotopic (exact) mass is 287 g/mol. The van der Waals surface area contributed by atoms with Crippen LogP contribution >= 0.6 is 0 Å². The number of fused-ring (bicyclic) bond motifs is 1. The number of anilines is 1. The smallest absolute Gasteiger partial charge is 0.418 e. The molecule has 0 bridgehead atoms. The third-order valence-electron chi connectivity index (χ3n) is 3.00. The van der Waals surface area contributed by atoms with E-state index in [2.05, 4.69) is 5.32 Å². The topological polar surface area (TPSA) is 55.4 Å². The molecule has 0 aromatic heterocycles. The largest absolute Gasteiger partial charge is 0.466 e. The van der Waals surface area contributed by atoms with Crippen molar-refractivity contribution in [3.05, 3.63) is 29.3 Å². The van der Waals surface area contributed by atoms with Crippen molar-refractivity contribution in [3.8, 4) is 0 Å². The zero-order valence-electron chi connectivity index (χ0n) is 10.6. The molecule has 0 spiro atoms. The van der Waals surface area contributed by atoms with Gasteiger partial charge in [-0.2, -0.15) is 13.2 Å². The molecule has 1 amide bonds. The molecule has 1 unspecified atom stereocenters. The Labute approximate surface area is 112 Å². The van der Waals surface area contributed by atoms with Gasteiger partial charge in [0.2, 0.25) is 5.91 Å². The van der Waals surface area contributed by atoms with Crippen molar-refractivity contribution >= 4 is 17.6 Å². The van der Waals surface area contributed by atoms with Crippen LogP contribution in [0.4, 0.5) is 18.9 Å². The van der Waals surface area contributed by atoms with E-state index in [9.17, 15) is 22.8 Å². The second-order valence-electron chi connectivity index (χ2n) is 4.32. The summed E-state index contributed by atoms with van der Waals surface area (Å²) in [5, 5.41) is 2.20. The average Bonchev–Trinajstić information content (AvgIpc) is 2.36. The Hall–Kier alpha value is -2.05. The number of carbonyl (C=O) groups excluding carboxylic acids is 2. The zero-order chi connectivity index (χ0) is 14.9. The summed E-state index contributed by atoms with van der Waals surface area (Å²) in [5.41, 5.74) is -1.18. The van der Waals surface area contributed by atoms with Gasteiger partial charge in [0.1, 0.15) is 0 Å². The molecule has 7 heteroatoms. The van der Waals surface area contributed by atoms with Crippen LogP contribution in [-0.4, -0.2) is 18.5 Å². The number of alkyl halides is 3. The summed E-state index contributed by atoms with van der Waals surface area (Å²) in [6, 6.07) is 3.48. The van der Waals surface area contributed by atoms with Gasteiger partial charge in [0.15, 0.2) is 0 Å². The van der Waals surface area contributed by atoms with Crippen molar-refractivity contribution in [1.29, 1.82) is 0 Å². The van der Waals surface area contributed by atoms with Crippen LogP contribution in [-0.2, 0) is 20.5 Å². The highest BCUT2D eigenvalue weighted by Crippen LogP contribution is 2.42. The average molecular weight is 287 g/mol. The molecule has 0 saturated carbocycles. The molecule has 1 aliphatic rings. The lowest BCUT2D eigenvalue weighted by Crippen LogP contribution is -2.30. The van der Waals surface area contributed by atoms with E-state index in [0.717, 1.165) is 6.07 Å². The Bertz CT molecular complexity index is 554. The van der Waals surface area contributed by atoms with Crippen LogP contribution in [0, 0.1) is 0 Å². The van der Waals surface area contributed by atoms with Gasteiger partial charge in [0.25, 0.3) is 0 Å². The first-order chi connectivity index (χ1) is 9.34. The van der Waals surface area contributed by atoms with Gasteiger partial charge in [0, 0.05) is 6.42 Å². The van der Waals surface area contributed by atoms with Gasteiger partial charge in [-0.25, -0.2) is 0 Å². The molecule has 0 saturated heterocycles. The molecule has 2 rings (SSSR count). The van der Waals surface area contributed by atoms with Crippen LogP contribution in [0.25, 0.3) is 0 Å². The van der Waals surface area contributed by atoms with Gasteiger partial charge in [-0.1, -0.05) is 12.1 Å². The Balaban J connectivity index is 2.51. The molecule has 1 atom stereocenters. The Morgan fingerprint density at radius 3 is 2.75 bits per heavy atom. The molecule has 0 radical (unpaired) electrons. The summed E-state index contributed by atoms with van der Waals surface area (Å²) in [6.07, 6.45) is -4.82. The highest BCUT2D eigenvalue weighted by atomic mass is 19.4. The Kier molecular flexibility index (Phi) is 3.69. The maximum atomic E-state index is 12.9. The fraction of sp³-hybridized carbons (Fsp3) is 0.385. The summed E-state index contributed by atoms with van der Waals surface area (Å²) >= 11 is 0. The maximum Gasteiger partial charge on any atom is 0.418 e. The van der Waals surface area contributed by atoms with Gasteiger partial charge in [-0.3, -0.25) is 9.59 Å². The van der Waals surface area contributed by atoms with Crippen molar-refractivity contribution in [2.24, 2.45) is 0 Å². The predicted octanol–water partition coefficient (Wildman–Crippen LogP) is 2.69. The van der Waals surface area contributed by atoms with Crippen molar-refractivity contribution in [3.63, 3.8) is 0 Å². The summed E-state index contributed by atoms with van der Waals surface area (Å²) in [7, 11) is 0. The SMILES string of the molecule is CCOC(=O)C1CC(=O)Nc2c1cccc2C(F)(F)F. The summed E-state index contributed by atoms with van der Waals surface area (Å²) in [5.74, 6) is -2.32. The third-order valence-corrected chi connectivity index (χ3v) is 3.00. The highest BCUT2D eigenvalue weighted by molar-refractivity contribution is 6.00. The summed E-state index contributed by atoms with van der Waals surface area (Å²) in [6.45, 7) is 1.69. The molecule has 0 fully saturated rings. The van der Waals surface area contributed by atoms with E-state index in [-0.39, 0.29) is 24.3 Å². The second-order valence-corrected chi connectivity index (χ2v) is 4.32. The van der Waals surface area contributed by atoms with E-state index >= 15 is 0 Å². The lowest BCUT2D eigenvalue weighted by molar-refractivity contribution is -0.146. The normalized spacial score (nSPS) is 18.2. The van der Waals surface area contributed by atoms with Gasteiger partial charge in [-0.15, -0.1) is 0 Å². The number of halogens is 3. The van der Waals surface area contributed by atoms with Crippen molar-refractivity contribution in [1.82, 2.24) is 0 Å². The molecule has 1 N–H and O–H groups in total. The first-order valence-corrected chi connectivity index (χ1v) is 6.01. The number of nitrogens with one attached hydrogen (secondary N) is 1. The number of carbonyl (C=O) groups is 2. The quantitative estimate of drug-likeness (QED) is 0.851. The van der Waals surface area contributed by atoms with Crippen LogP contribution < -0.4 is 5.32 Å². The highest BCUT2D eigenvalue weighted by Gasteiger charge is 2.39. The van der Waals surface area contributed by atoms with Gasteiger partial charge >= 0.3 is 12.1 Å². The lowest BCUT2D eigenvalue weighted by Gasteiger charge is -2.26. The number of esters is 1. The number of hydrogen-bond donors (Lipinski definition) is 1. The second kappa shape index (κ2) is 5.15. The molecular formula is C13H12F3NO3. The molecule has 20 heavy (non-hydrogen) atoms. The fourth-order valence-electron chi connectivity index (χ4n) is 2.18. The van der Waals surface area contributed by atoms with Crippen LogP contribution in [0.2, 0.25) is 0 Å². The number of para-hydroxylation sites is 1. The van der Waals surface area contributed by atoms with E-state index in [1.54, 1.807) is 6.92 Å². The Morgan fingerprint density at radius 2 is 2.15 bits per heavy atom. The van der Waals surface area contributed by atoms with Gasteiger partial charge in [0.05, 0.1) is 23.8 Å². The molecular weight excluding hydrogens is 275 g/mol. The number of ether oxygens (including phenoxy) is 1. The number of benzene rings is 1. The van der Waals surface area contributed by atoms with Crippen LogP contribution in [0.3, 0.4) is 0 Å². The van der Waals surface area contributed by atoms with E-state index in [1.165, 1.54) is 12.1 Å². The summed E-state index contributed by atoms with van der Waals surface area (Å²) in [4.78, 5) is 23.3. The Morgan fingerprint density at radius 1 is 1.45 bits per heavy atom. The molecule has 4 nitrogen and oxygen atoms in total. The van der Waals surface area contributed by atoms with E-state index < -0.39 is 29.5 Å². The van der Waals surface area contributed by atoms with Gasteiger partial charge < -0.3 is 10.1 Å². The third kappa shape index (κ3) is 2.61. The van der Waals surface area contributed by atoms with Crippen molar-refractivity contribution in [2.75, 3.05) is 11.9 Å². The first kappa shape index (κ1) is 14.4. The minimum Gasteiger partial charge on any atom is -0.466 e. The van der Waals surface area contributed by atoms with E-state index in [0.29, 0.717) is 0 Å². The molecule has 1 aromatic rings. The number of amides is 1. The molecule has 1 aliphatic heterocycles. The molecule has 1 heterocycles. The maximum absolute atomic E-state index is 12.9. The molecule has 108 valence electrons. The van der Waals surface area contributed by atoms with Gasteiger partial charge in [-0.05, 0) is 18.6 Å². The number of hydrogen-bond acceptors (Lipinski definition) is 3. The zero-order valence-corrected chi connectivity index (χ0v) is 10.6. The predicted molar refractivity (Wildman–Crippen MR) is 64.1 cm³/mol. The van der Waals surface area contributed by atoms with Crippen LogP contribution in [0.1, 0.15) is 30.4 Å². The minimum absolute atomic E-state index is 0.102. The van der Waals surface area contributed by atoms with Crippen LogP contribution in [0.5, 0.6) is 0 Å². The number of rotatable bonds is 2. The van der Waals surface area contributed by atoms with Crippen molar-refractivity contribution in [2.45, 2.75) is 25.4 Å². The fourth-order valence-corrected chi connectivity index (χ4v) is 2.18. The van der Waals surface area contributed by atoms with E-state index in [1.807, 2.05) is 0 Å². The molecule has 1 aromatic carbocycles. The first-order valence-electron chi connectivity index (χ1n) is 6.01. The van der Waals surface area contributed by atoms with Crippen molar-refractivity contribution < 1.29 is 27.5 Å².